The van der Waals surface area contributed by atoms with E-state index in [0.717, 1.165) is 31.7 Å². The number of fused-ring (bicyclic) bond motifs is 1. The minimum absolute atomic E-state index is 0.0945. The SMILES string of the molecule is CCc1nnc([C@@H]2Cc3ccccc3CN2CCOc2ccccc2)o1. The fourth-order valence-electron chi connectivity index (χ4n) is 3.40. The number of hydrogen-bond acceptors (Lipinski definition) is 5. The molecule has 1 aromatic heterocycles. The van der Waals surface area contributed by atoms with Crippen molar-refractivity contribution in [1.82, 2.24) is 15.1 Å². The molecule has 1 aliphatic heterocycles. The monoisotopic (exact) mass is 349 g/mol. The first-order chi connectivity index (χ1) is 12.8. The van der Waals surface area contributed by atoms with Crippen molar-refractivity contribution >= 4 is 0 Å². The lowest BCUT2D eigenvalue weighted by Gasteiger charge is -2.34. The lowest BCUT2D eigenvalue weighted by Crippen LogP contribution is -2.37. The molecule has 5 heteroatoms. The van der Waals surface area contributed by atoms with E-state index in [0.29, 0.717) is 18.4 Å². The Morgan fingerprint density at radius 1 is 1.04 bits per heavy atom. The highest BCUT2D eigenvalue weighted by Gasteiger charge is 2.31. The minimum Gasteiger partial charge on any atom is -0.492 e. The standard InChI is InChI=1S/C21H23N3O2/c1-2-20-22-23-21(26-20)19-14-16-8-6-7-9-17(16)15-24(19)12-13-25-18-10-4-3-5-11-18/h3-11,19H,2,12-15H2,1H3/t19-/m0/s1. The Labute approximate surface area is 153 Å². The first-order valence-electron chi connectivity index (χ1n) is 9.14. The van der Waals surface area contributed by atoms with Gasteiger partial charge in [-0.2, -0.15) is 0 Å². The molecule has 0 saturated carbocycles. The zero-order chi connectivity index (χ0) is 17.8. The molecule has 0 amide bonds. The third-order valence-electron chi connectivity index (χ3n) is 4.81. The quantitative estimate of drug-likeness (QED) is 0.677. The second kappa shape index (κ2) is 7.70. The number of benzene rings is 2. The summed E-state index contributed by atoms with van der Waals surface area (Å²) in [6.07, 6.45) is 1.64. The summed E-state index contributed by atoms with van der Waals surface area (Å²) in [5.74, 6) is 2.29. The summed E-state index contributed by atoms with van der Waals surface area (Å²) >= 11 is 0. The van der Waals surface area contributed by atoms with Gasteiger partial charge in [-0.1, -0.05) is 49.4 Å². The van der Waals surface area contributed by atoms with Crippen LogP contribution in [-0.2, 0) is 19.4 Å². The van der Waals surface area contributed by atoms with Crippen molar-refractivity contribution in [3.05, 3.63) is 77.5 Å². The molecule has 26 heavy (non-hydrogen) atoms. The fourth-order valence-corrected chi connectivity index (χ4v) is 3.40. The van der Waals surface area contributed by atoms with E-state index in [-0.39, 0.29) is 6.04 Å². The van der Waals surface area contributed by atoms with Gasteiger partial charge in [0.05, 0.1) is 6.04 Å². The Morgan fingerprint density at radius 2 is 1.81 bits per heavy atom. The highest BCUT2D eigenvalue weighted by Crippen LogP contribution is 2.32. The summed E-state index contributed by atoms with van der Waals surface area (Å²) in [5.41, 5.74) is 2.72. The van der Waals surface area contributed by atoms with E-state index in [2.05, 4.69) is 39.4 Å². The molecule has 0 saturated heterocycles. The number of nitrogens with zero attached hydrogens (tertiary/aromatic N) is 3. The van der Waals surface area contributed by atoms with E-state index in [1.165, 1.54) is 11.1 Å². The van der Waals surface area contributed by atoms with Crippen molar-refractivity contribution in [1.29, 1.82) is 0 Å². The Hall–Kier alpha value is -2.66. The van der Waals surface area contributed by atoms with Crippen molar-refractivity contribution in [3.8, 4) is 5.75 Å². The van der Waals surface area contributed by atoms with Crippen LogP contribution < -0.4 is 4.74 Å². The predicted molar refractivity (Wildman–Crippen MR) is 98.9 cm³/mol. The van der Waals surface area contributed by atoms with Crippen molar-refractivity contribution in [2.75, 3.05) is 13.2 Å². The van der Waals surface area contributed by atoms with Crippen LogP contribution in [0.1, 0.15) is 35.9 Å². The van der Waals surface area contributed by atoms with Crippen LogP contribution in [0.3, 0.4) is 0 Å². The van der Waals surface area contributed by atoms with Gasteiger partial charge in [0.2, 0.25) is 11.8 Å². The Morgan fingerprint density at radius 3 is 2.58 bits per heavy atom. The molecular formula is C21H23N3O2. The van der Waals surface area contributed by atoms with E-state index in [9.17, 15) is 0 Å². The maximum absolute atomic E-state index is 5.90. The van der Waals surface area contributed by atoms with Crippen molar-refractivity contribution < 1.29 is 9.15 Å². The van der Waals surface area contributed by atoms with E-state index >= 15 is 0 Å². The highest BCUT2D eigenvalue weighted by molar-refractivity contribution is 5.31. The number of ether oxygens (including phenoxy) is 1. The smallest absolute Gasteiger partial charge is 0.233 e. The van der Waals surface area contributed by atoms with Gasteiger partial charge in [-0.3, -0.25) is 4.90 Å². The second-order valence-corrected chi connectivity index (χ2v) is 6.51. The molecule has 5 nitrogen and oxygen atoms in total. The molecule has 0 spiro atoms. The molecule has 134 valence electrons. The zero-order valence-corrected chi connectivity index (χ0v) is 15.0. The van der Waals surface area contributed by atoms with Gasteiger partial charge in [0.25, 0.3) is 0 Å². The Kier molecular flexibility index (Phi) is 4.97. The molecular weight excluding hydrogens is 326 g/mol. The maximum Gasteiger partial charge on any atom is 0.233 e. The summed E-state index contributed by atoms with van der Waals surface area (Å²) in [4.78, 5) is 2.37. The molecule has 0 unspecified atom stereocenters. The van der Waals surface area contributed by atoms with Gasteiger partial charge in [-0.15, -0.1) is 10.2 Å². The largest absolute Gasteiger partial charge is 0.492 e. The lowest BCUT2D eigenvalue weighted by atomic mass is 9.94. The summed E-state index contributed by atoms with van der Waals surface area (Å²) in [6.45, 7) is 4.32. The molecule has 1 aliphatic rings. The molecule has 0 aliphatic carbocycles. The molecule has 2 aromatic carbocycles. The van der Waals surface area contributed by atoms with Crippen LogP contribution in [0.15, 0.2) is 59.0 Å². The van der Waals surface area contributed by atoms with E-state index < -0.39 is 0 Å². The average molecular weight is 349 g/mol. The predicted octanol–water partition coefficient (Wildman–Crippen LogP) is 3.81. The van der Waals surface area contributed by atoms with Gasteiger partial charge in [0, 0.05) is 19.5 Å². The summed E-state index contributed by atoms with van der Waals surface area (Å²) in [5, 5.41) is 8.45. The van der Waals surface area contributed by atoms with Crippen LogP contribution in [0, 0.1) is 0 Å². The van der Waals surface area contributed by atoms with Crippen molar-refractivity contribution in [3.63, 3.8) is 0 Å². The molecule has 0 N–H and O–H groups in total. The van der Waals surface area contributed by atoms with Gasteiger partial charge in [-0.05, 0) is 29.7 Å². The normalized spacial score (nSPS) is 17.0. The van der Waals surface area contributed by atoms with E-state index in [1.807, 2.05) is 37.3 Å². The number of para-hydroxylation sites is 1. The number of rotatable bonds is 6. The summed E-state index contributed by atoms with van der Waals surface area (Å²) in [7, 11) is 0. The minimum atomic E-state index is 0.0945. The van der Waals surface area contributed by atoms with Crippen molar-refractivity contribution in [2.24, 2.45) is 0 Å². The highest BCUT2D eigenvalue weighted by atomic mass is 16.5. The first kappa shape index (κ1) is 16.8. The third kappa shape index (κ3) is 3.63. The van der Waals surface area contributed by atoms with Gasteiger partial charge >= 0.3 is 0 Å². The Bertz CT molecular complexity index is 847. The van der Waals surface area contributed by atoms with Crippen LogP contribution >= 0.6 is 0 Å². The van der Waals surface area contributed by atoms with Crippen LogP contribution in [-0.4, -0.2) is 28.2 Å². The lowest BCUT2D eigenvalue weighted by molar-refractivity contribution is 0.120. The van der Waals surface area contributed by atoms with Gasteiger partial charge in [-0.25, -0.2) is 0 Å². The zero-order valence-electron chi connectivity index (χ0n) is 15.0. The van der Waals surface area contributed by atoms with Gasteiger partial charge in [0.15, 0.2) is 0 Å². The van der Waals surface area contributed by atoms with E-state index in [4.69, 9.17) is 9.15 Å². The van der Waals surface area contributed by atoms with E-state index in [1.54, 1.807) is 0 Å². The van der Waals surface area contributed by atoms with Crippen molar-refractivity contribution in [2.45, 2.75) is 32.4 Å². The van der Waals surface area contributed by atoms with Gasteiger partial charge in [0.1, 0.15) is 12.4 Å². The first-order valence-corrected chi connectivity index (χ1v) is 9.14. The number of aromatic nitrogens is 2. The average Bonchev–Trinajstić information content (AvgIpc) is 3.17. The molecule has 4 rings (SSSR count). The summed E-state index contributed by atoms with van der Waals surface area (Å²) < 4.78 is 11.8. The van der Waals surface area contributed by atoms with Crippen LogP contribution in [0.2, 0.25) is 0 Å². The maximum atomic E-state index is 5.90. The number of hydrogen-bond donors (Lipinski definition) is 0. The molecule has 0 bridgehead atoms. The molecule has 3 aromatic rings. The number of aryl methyl sites for hydroxylation is 1. The molecule has 0 fully saturated rings. The fraction of sp³-hybridized carbons (Fsp3) is 0.333. The van der Waals surface area contributed by atoms with Crippen LogP contribution in [0.5, 0.6) is 5.75 Å². The summed E-state index contributed by atoms with van der Waals surface area (Å²) in [6, 6.07) is 18.6. The molecule has 0 radical (unpaired) electrons. The van der Waals surface area contributed by atoms with Crippen LogP contribution in [0.25, 0.3) is 0 Å². The Balaban J connectivity index is 1.51. The third-order valence-corrected chi connectivity index (χ3v) is 4.81. The second-order valence-electron chi connectivity index (χ2n) is 6.51. The molecule has 1 atom stereocenters. The molecule has 2 heterocycles. The van der Waals surface area contributed by atoms with Crippen LogP contribution in [0.4, 0.5) is 0 Å². The van der Waals surface area contributed by atoms with Gasteiger partial charge < -0.3 is 9.15 Å². The topological polar surface area (TPSA) is 51.4 Å².